The van der Waals surface area contributed by atoms with Gasteiger partial charge in [-0.2, -0.15) is 0 Å². The third-order valence-corrected chi connectivity index (χ3v) is 13.1. The van der Waals surface area contributed by atoms with Crippen LogP contribution in [0.25, 0.3) is 0 Å². The molecule has 0 aromatic carbocycles. The summed E-state index contributed by atoms with van der Waals surface area (Å²) in [7, 11) is 0. The number of ketones is 1. The molecule has 0 aliphatic heterocycles. The van der Waals surface area contributed by atoms with Crippen molar-refractivity contribution in [3.63, 3.8) is 0 Å². The van der Waals surface area contributed by atoms with E-state index in [0.29, 0.717) is 12.2 Å². The van der Waals surface area contributed by atoms with Gasteiger partial charge in [-0.3, -0.25) is 4.79 Å². The number of esters is 1. The highest BCUT2D eigenvalue weighted by atomic mass is 16.5. The average Bonchev–Trinajstić information content (AvgIpc) is 3.25. The summed E-state index contributed by atoms with van der Waals surface area (Å²) in [4.78, 5) is 37.1. The van der Waals surface area contributed by atoms with E-state index in [-0.39, 0.29) is 24.3 Å². The molecule has 0 bridgehead atoms. The summed E-state index contributed by atoms with van der Waals surface area (Å²) in [5.41, 5.74) is -0.424. The molecular formula is C56H100O5. The van der Waals surface area contributed by atoms with Crippen molar-refractivity contribution in [1.82, 2.24) is 0 Å². The number of carbonyl (C=O) groups is 3. The van der Waals surface area contributed by atoms with E-state index in [9.17, 15) is 14.4 Å². The predicted octanol–water partition coefficient (Wildman–Crippen LogP) is 17.4. The predicted molar refractivity (Wildman–Crippen MR) is 262 cm³/mol. The average molecular weight is 853 g/mol. The van der Waals surface area contributed by atoms with Crippen LogP contribution in [0.2, 0.25) is 0 Å². The Morgan fingerprint density at radius 1 is 0.541 bits per heavy atom. The lowest BCUT2D eigenvalue weighted by Gasteiger charge is -2.41. The molecule has 4 atom stereocenters. The molecule has 5 nitrogen and oxygen atoms in total. The minimum absolute atomic E-state index is 0.0180. The summed E-state index contributed by atoms with van der Waals surface area (Å²) in [5.74, 6) is 0.266. The van der Waals surface area contributed by atoms with Crippen LogP contribution < -0.4 is 0 Å². The number of carbonyl (C=O) groups excluding carboxylic acids is 3. The van der Waals surface area contributed by atoms with Gasteiger partial charge in [-0.1, -0.05) is 186 Å². The third kappa shape index (κ3) is 33.2. The monoisotopic (exact) mass is 853 g/mol. The van der Waals surface area contributed by atoms with Crippen LogP contribution in [-0.4, -0.2) is 36.4 Å². The maximum atomic E-state index is 13.0. The van der Waals surface area contributed by atoms with Gasteiger partial charge in [-0.15, -0.1) is 0 Å². The Hall–Kier alpha value is -2.01. The van der Waals surface area contributed by atoms with Gasteiger partial charge >= 0.3 is 5.97 Å². The summed E-state index contributed by atoms with van der Waals surface area (Å²) in [6.45, 7) is 8.46. The molecule has 1 aliphatic carbocycles. The Balaban J connectivity index is 2.58. The lowest BCUT2D eigenvalue weighted by Crippen LogP contribution is -2.43. The smallest absolute Gasteiger partial charge is 0.306 e. The highest BCUT2D eigenvalue weighted by Crippen LogP contribution is 2.42. The molecule has 0 aromatic rings. The van der Waals surface area contributed by atoms with E-state index in [2.05, 4.69) is 57.2 Å². The molecular weight excluding hydrogens is 753 g/mol. The molecule has 0 spiro atoms. The number of hydrogen-bond acceptors (Lipinski definition) is 5. The molecule has 1 rings (SSSR count). The summed E-state index contributed by atoms with van der Waals surface area (Å²) in [5, 5.41) is 0. The first-order chi connectivity index (χ1) is 29.9. The Morgan fingerprint density at radius 2 is 1.00 bits per heavy atom. The van der Waals surface area contributed by atoms with Gasteiger partial charge in [0.25, 0.3) is 0 Å². The van der Waals surface area contributed by atoms with Crippen LogP contribution in [-0.2, 0) is 23.9 Å². The Morgan fingerprint density at radius 3 is 1.56 bits per heavy atom. The van der Waals surface area contributed by atoms with Gasteiger partial charge in [0, 0.05) is 19.3 Å². The SMILES string of the molecule is CCCCCCCC/C=C/CCCCCCCC(=O)OC(C/C=C/CCC1(C=O)CCCCC1OC(C/C=C/CCCCCCCC(C)=O)CCCCCC)CCCCCC. The molecule has 1 aliphatic rings. The molecule has 1 fully saturated rings. The molecule has 0 saturated heterocycles. The zero-order valence-corrected chi connectivity index (χ0v) is 40.9. The van der Waals surface area contributed by atoms with E-state index in [1.54, 1.807) is 6.92 Å². The van der Waals surface area contributed by atoms with Crippen molar-refractivity contribution in [3.8, 4) is 0 Å². The second kappa shape index (κ2) is 42.0. The van der Waals surface area contributed by atoms with Crippen LogP contribution in [0, 0.1) is 5.41 Å². The second-order valence-corrected chi connectivity index (χ2v) is 18.9. The van der Waals surface area contributed by atoms with Gasteiger partial charge in [0.05, 0.1) is 17.6 Å². The molecule has 0 radical (unpaired) electrons. The van der Waals surface area contributed by atoms with Crippen LogP contribution in [0.5, 0.6) is 0 Å². The summed E-state index contributed by atoms with van der Waals surface area (Å²) < 4.78 is 13.1. The summed E-state index contributed by atoms with van der Waals surface area (Å²) >= 11 is 0. The van der Waals surface area contributed by atoms with Crippen LogP contribution in [0.1, 0.15) is 278 Å². The van der Waals surface area contributed by atoms with E-state index in [0.717, 1.165) is 109 Å². The van der Waals surface area contributed by atoms with Gasteiger partial charge in [-0.05, 0) is 110 Å². The number of allylic oxidation sites excluding steroid dienone is 4. The van der Waals surface area contributed by atoms with E-state index >= 15 is 0 Å². The van der Waals surface area contributed by atoms with Gasteiger partial charge < -0.3 is 19.1 Å². The fourth-order valence-electron chi connectivity index (χ4n) is 9.05. The van der Waals surface area contributed by atoms with Gasteiger partial charge in [0.1, 0.15) is 18.2 Å². The molecule has 5 heteroatoms. The van der Waals surface area contributed by atoms with Crippen molar-refractivity contribution >= 4 is 18.0 Å². The molecule has 0 heterocycles. The van der Waals surface area contributed by atoms with E-state index in [4.69, 9.17) is 9.47 Å². The minimum Gasteiger partial charge on any atom is -0.462 e. The first-order valence-corrected chi connectivity index (χ1v) is 26.7. The van der Waals surface area contributed by atoms with E-state index < -0.39 is 5.41 Å². The van der Waals surface area contributed by atoms with Gasteiger partial charge in [0.2, 0.25) is 0 Å². The molecule has 354 valence electrons. The van der Waals surface area contributed by atoms with Crippen LogP contribution in [0.4, 0.5) is 0 Å². The molecule has 4 unspecified atom stereocenters. The quantitative estimate of drug-likeness (QED) is 0.0264. The molecule has 1 saturated carbocycles. The van der Waals surface area contributed by atoms with Crippen molar-refractivity contribution in [2.75, 3.05) is 0 Å². The Labute approximate surface area is 378 Å². The zero-order valence-electron chi connectivity index (χ0n) is 40.9. The van der Waals surface area contributed by atoms with Crippen LogP contribution in [0.3, 0.4) is 0 Å². The standard InChI is InChI=1S/C56H100O5/c1-5-8-11-14-15-16-17-18-19-20-21-22-27-30-37-47-55(59)61-53(44-34-13-10-7-3)45-36-31-39-48-56(50-57)49-40-38-46-54(56)60-52(42-33-12-9-6-2)43-35-29-26-24-23-25-28-32-41-51(4)58/h18-19,29,31,35-36,50,52-54H,5-17,20-28,30,32-34,37-49H2,1-4H3/b19-18+,35-29+,36-31+. The van der Waals surface area contributed by atoms with Crippen molar-refractivity contribution in [2.24, 2.45) is 5.41 Å². The van der Waals surface area contributed by atoms with Gasteiger partial charge in [-0.25, -0.2) is 0 Å². The second-order valence-electron chi connectivity index (χ2n) is 18.9. The maximum absolute atomic E-state index is 13.0. The molecule has 0 N–H and O–H groups in total. The number of ether oxygens (including phenoxy) is 2. The maximum Gasteiger partial charge on any atom is 0.306 e. The van der Waals surface area contributed by atoms with E-state index in [1.807, 2.05) is 0 Å². The third-order valence-electron chi connectivity index (χ3n) is 13.1. The Kier molecular flexibility index (Phi) is 39.2. The number of hydrogen-bond donors (Lipinski definition) is 0. The summed E-state index contributed by atoms with van der Waals surface area (Å²) in [6.07, 6.45) is 58.7. The molecule has 0 amide bonds. The van der Waals surface area contributed by atoms with Crippen LogP contribution in [0.15, 0.2) is 36.5 Å². The zero-order chi connectivity index (χ0) is 44.3. The largest absolute Gasteiger partial charge is 0.462 e. The molecule has 0 aromatic heterocycles. The normalized spacial score (nSPS) is 18.1. The summed E-state index contributed by atoms with van der Waals surface area (Å²) in [6, 6.07) is 0. The number of rotatable bonds is 44. The van der Waals surface area contributed by atoms with Crippen molar-refractivity contribution in [3.05, 3.63) is 36.5 Å². The van der Waals surface area contributed by atoms with Crippen LogP contribution >= 0.6 is 0 Å². The van der Waals surface area contributed by atoms with E-state index in [1.165, 1.54) is 141 Å². The highest BCUT2D eigenvalue weighted by molar-refractivity contribution is 5.75. The van der Waals surface area contributed by atoms with Crippen molar-refractivity contribution < 1.29 is 23.9 Å². The lowest BCUT2D eigenvalue weighted by molar-refractivity contribution is -0.149. The number of aldehydes is 1. The first kappa shape index (κ1) is 57.0. The Bertz CT molecular complexity index is 1110. The lowest BCUT2D eigenvalue weighted by atomic mass is 9.70. The van der Waals surface area contributed by atoms with Gasteiger partial charge in [0.15, 0.2) is 0 Å². The minimum atomic E-state index is -0.424. The molecule has 61 heavy (non-hydrogen) atoms. The number of unbranched alkanes of at least 4 members (excludes halogenated alkanes) is 22. The topological polar surface area (TPSA) is 69.7 Å². The fraction of sp³-hybridized carbons (Fsp3) is 0.839. The van der Waals surface area contributed by atoms with Crippen molar-refractivity contribution in [2.45, 2.75) is 296 Å². The highest BCUT2D eigenvalue weighted by Gasteiger charge is 2.42. The number of Topliss-reactive ketones (excluding diaryl/α,β-unsaturated/α-hetero) is 1. The fourth-order valence-corrected chi connectivity index (χ4v) is 9.05. The van der Waals surface area contributed by atoms with Crippen molar-refractivity contribution in [1.29, 1.82) is 0 Å². The first-order valence-electron chi connectivity index (χ1n) is 26.7.